The Bertz CT molecular complexity index is 175. The maximum absolute atomic E-state index is 9.54. The van der Waals surface area contributed by atoms with Gasteiger partial charge in [0.05, 0.1) is 18.8 Å². The zero-order chi connectivity index (χ0) is 8.32. The Morgan fingerprint density at radius 2 is 2.55 bits per heavy atom. The van der Waals surface area contributed by atoms with E-state index in [0.717, 1.165) is 6.42 Å². The third kappa shape index (κ3) is 1.92. The molecule has 0 aliphatic carbocycles. The Morgan fingerprint density at radius 3 is 3.09 bits per heavy atom. The number of rotatable bonds is 1. The van der Waals surface area contributed by atoms with Gasteiger partial charge in [0.25, 0.3) is 0 Å². The van der Waals surface area contributed by atoms with Crippen LogP contribution in [-0.2, 0) is 4.74 Å². The van der Waals surface area contributed by atoms with E-state index in [1.165, 1.54) is 0 Å². The van der Waals surface area contributed by atoms with Gasteiger partial charge in [0.1, 0.15) is 0 Å². The van der Waals surface area contributed by atoms with Crippen LogP contribution in [0.25, 0.3) is 0 Å². The molecule has 3 nitrogen and oxygen atoms in total. The number of hydrogen-bond acceptors (Lipinski definition) is 3. The molecule has 1 N–H and O–H groups in total. The summed E-state index contributed by atoms with van der Waals surface area (Å²) in [5.41, 5.74) is -1.13. The molecule has 1 saturated heterocycles. The van der Waals surface area contributed by atoms with Crippen molar-refractivity contribution in [1.82, 2.24) is 0 Å². The minimum absolute atomic E-state index is 0.0633. The summed E-state index contributed by atoms with van der Waals surface area (Å²) < 4.78 is 5.31. The van der Waals surface area contributed by atoms with Crippen LogP contribution in [-0.4, -0.2) is 23.4 Å². The Hall–Kier alpha value is -0.590. The number of nitrogens with zero attached hydrogens (tertiary/aromatic N) is 1. The molecule has 0 aromatic heterocycles. The fourth-order valence-corrected chi connectivity index (χ4v) is 1.30. The van der Waals surface area contributed by atoms with E-state index in [2.05, 4.69) is 0 Å². The largest absolute Gasteiger partial charge is 0.378 e. The van der Waals surface area contributed by atoms with Crippen molar-refractivity contribution < 1.29 is 9.84 Å². The van der Waals surface area contributed by atoms with E-state index >= 15 is 0 Å². The van der Waals surface area contributed by atoms with E-state index < -0.39 is 5.60 Å². The average Bonchev–Trinajstić information content (AvgIpc) is 2.05. The monoisotopic (exact) mass is 155 g/mol. The second kappa shape index (κ2) is 3.21. The molecular formula is C8H13NO2. The molecule has 0 aromatic carbocycles. The molecular weight excluding hydrogens is 142 g/mol. The lowest BCUT2D eigenvalue weighted by Crippen LogP contribution is -2.39. The lowest BCUT2D eigenvalue weighted by molar-refractivity contribution is -0.0757. The molecule has 1 rings (SSSR count). The minimum atomic E-state index is -1.13. The number of ether oxygens (including phenoxy) is 1. The van der Waals surface area contributed by atoms with Gasteiger partial charge in [-0.1, -0.05) is 6.92 Å². The predicted octanol–water partition coefficient (Wildman–Crippen LogP) is 0.830. The highest BCUT2D eigenvalue weighted by molar-refractivity contribution is 5.02. The fraction of sp³-hybridized carbons (Fsp3) is 0.875. The summed E-state index contributed by atoms with van der Waals surface area (Å²) >= 11 is 0. The quantitative estimate of drug-likeness (QED) is 0.570. The molecule has 2 unspecified atom stereocenters. The first kappa shape index (κ1) is 8.51. The van der Waals surface area contributed by atoms with Gasteiger partial charge in [-0.15, -0.1) is 0 Å². The van der Waals surface area contributed by atoms with Gasteiger partial charge in [0, 0.05) is 12.8 Å². The van der Waals surface area contributed by atoms with Crippen LogP contribution in [0.5, 0.6) is 0 Å². The van der Waals surface area contributed by atoms with Crippen LogP contribution in [0, 0.1) is 11.3 Å². The average molecular weight is 155 g/mol. The van der Waals surface area contributed by atoms with E-state index in [1.807, 2.05) is 13.0 Å². The van der Waals surface area contributed by atoms with Crippen molar-refractivity contribution in [2.45, 2.75) is 37.9 Å². The summed E-state index contributed by atoms with van der Waals surface area (Å²) in [7, 11) is 0. The standard InChI is InChI=1S/C8H13NO2/c1-2-7-5-8(10,6-9)3-4-11-7/h7,10H,2-5H2,1H3. The Labute approximate surface area is 66.6 Å². The van der Waals surface area contributed by atoms with Gasteiger partial charge >= 0.3 is 0 Å². The molecule has 62 valence electrons. The fourth-order valence-electron chi connectivity index (χ4n) is 1.30. The van der Waals surface area contributed by atoms with Crippen LogP contribution < -0.4 is 0 Å². The van der Waals surface area contributed by atoms with Crippen molar-refractivity contribution in [3.05, 3.63) is 0 Å². The van der Waals surface area contributed by atoms with Crippen LogP contribution in [0.1, 0.15) is 26.2 Å². The Kier molecular flexibility index (Phi) is 2.48. The second-order valence-electron chi connectivity index (χ2n) is 3.00. The summed E-state index contributed by atoms with van der Waals surface area (Å²) in [5, 5.41) is 18.1. The topological polar surface area (TPSA) is 53.2 Å². The smallest absolute Gasteiger partial charge is 0.155 e. The maximum atomic E-state index is 9.54. The molecule has 3 heteroatoms. The summed E-state index contributed by atoms with van der Waals surface area (Å²) in [4.78, 5) is 0. The second-order valence-corrected chi connectivity index (χ2v) is 3.00. The van der Waals surface area contributed by atoms with Gasteiger partial charge in [0.15, 0.2) is 5.60 Å². The van der Waals surface area contributed by atoms with Crippen LogP contribution in [0.3, 0.4) is 0 Å². The van der Waals surface area contributed by atoms with Gasteiger partial charge in [0.2, 0.25) is 0 Å². The van der Waals surface area contributed by atoms with Gasteiger partial charge < -0.3 is 9.84 Å². The van der Waals surface area contributed by atoms with E-state index in [4.69, 9.17) is 10.00 Å². The van der Waals surface area contributed by atoms with Crippen molar-refractivity contribution >= 4 is 0 Å². The first-order valence-corrected chi connectivity index (χ1v) is 3.95. The highest BCUT2D eigenvalue weighted by Gasteiger charge is 2.34. The van der Waals surface area contributed by atoms with Gasteiger partial charge in [-0.3, -0.25) is 0 Å². The third-order valence-electron chi connectivity index (χ3n) is 2.10. The highest BCUT2D eigenvalue weighted by Crippen LogP contribution is 2.25. The van der Waals surface area contributed by atoms with Gasteiger partial charge in [-0.05, 0) is 6.42 Å². The molecule has 2 atom stereocenters. The SMILES string of the molecule is CCC1CC(O)(C#N)CCO1. The molecule has 0 amide bonds. The van der Waals surface area contributed by atoms with Crippen molar-refractivity contribution in [2.24, 2.45) is 0 Å². The highest BCUT2D eigenvalue weighted by atomic mass is 16.5. The first-order valence-electron chi connectivity index (χ1n) is 3.95. The third-order valence-corrected chi connectivity index (χ3v) is 2.10. The van der Waals surface area contributed by atoms with Crippen molar-refractivity contribution in [1.29, 1.82) is 5.26 Å². The zero-order valence-electron chi connectivity index (χ0n) is 6.71. The van der Waals surface area contributed by atoms with Crippen LogP contribution >= 0.6 is 0 Å². The predicted molar refractivity (Wildman–Crippen MR) is 39.8 cm³/mol. The molecule has 1 fully saturated rings. The summed E-state index contributed by atoms with van der Waals surface area (Å²) in [6, 6.07) is 1.92. The molecule has 1 aliphatic rings. The van der Waals surface area contributed by atoms with Crippen LogP contribution in [0.2, 0.25) is 0 Å². The molecule has 0 spiro atoms. The number of aliphatic hydroxyl groups is 1. The van der Waals surface area contributed by atoms with Crippen LogP contribution in [0.15, 0.2) is 0 Å². The van der Waals surface area contributed by atoms with Gasteiger partial charge in [-0.25, -0.2) is 0 Å². The van der Waals surface area contributed by atoms with Crippen molar-refractivity contribution in [2.75, 3.05) is 6.61 Å². The normalized spacial score (nSPS) is 38.1. The number of nitriles is 1. The van der Waals surface area contributed by atoms with E-state index in [0.29, 0.717) is 19.4 Å². The first-order chi connectivity index (χ1) is 5.20. The molecule has 11 heavy (non-hydrogen) atoms. The lowest BCUT2D eigenvalue weighted by atomic mass is 9.91. The zero-order valence-corrected chi connectivity index (χ0v) is 6.71. The molecule has 1 heterocycles. The Morgan fingerprint density at radius 1 is 1.82 bits per heavy atom. The Balaban J connectivity index is 2.53. The van der Waals surface area contributed by atoms with Crippen molar-refractivity contribution in [3.8, 4) is 6.07 Å². The van der Waals surface area contributed by atoms with E-state index in [9.17, 15) is 5.11 Å². The molecule has 0 radical (unpaired) electrons. The van der Waals surface area contributed by atoms with Gasteiger partial charge in [-0.2, -0.15) is 5.26 Å². The lowest BCUT2D eigenvalue weighted by Gasteiger charge is -2.31. The van der Waals surface area contributed by atoms with Crippen molar-refractivity contribution in [3.63, 3.8) is 0 Å². The number of hydrogen-bond donors (Lipinski definition) is 1. The minimum Gasteiger partial charge on any atom is -0.378 e. The molecule has 0 aromatic rings. The summed E-state index contributed by atoms with van der Waals surface area (Å²) in [6.07, 6.45) is 1.83. The summed E-state index contributed by atoms with van der Waals surface area (Å²) in [6.45, 7) is 2.50. The van der Waals surface area contributed by atoms with E-state index in [-0.39, 0.29) is 6.10 Å². The molecule has 0 saturated carbocycles. The van der Waals surface area contributed by atoms with Crippen LogP contribution in [0.4, 0.5) is 0 Å². The van der Waals surface area contributed by atoms with E-state index in [1.54, 1.807) is 0 Å². The maximum Gasteiger partial charge on any atom is 0.155 e. The molecule has 0 bridgehead atoms. The summed E-state index contributed by atoms with van der Waals surface area (Å²) in [5.74, 6) is 0. The molecule has 1 aliphatic heterocycles.